The molecule has 0 amide bonds. The Morgan fingerprint density at radius 1 is 0.733 bits per heavy atom. The molecule has 0 saturated carbocycles. The van der Waals surface area contributed by atoms with Crippen LogP contribution in [0.4, 0.5) is 0 Å². The lowest BCUT2D eigenvalue weighted by atomic mass is 10.1. The van der Waals surface area contributed by atoms with E-state index in [1.807, 2.05) is 78.9 Å². The third kappa shape index (κ3) is 3.44. The van der Waals surface area contributed by atoms with Crippen molar-refractivity contribution in [3.05, 3.63) is 85.1 Å². The molecular formula is C23H17N5O2. The van der Waals surface area contributed by atoms with Crippen molar-refractivity contribution in [2.75, 3.05) is 7.11 Å². The first kappa shape index (κ1) is 17.8. The van der Waals surface area contributed by atoms with Crippen LogP contribution < -0.4 is 9.47 Å². The number of ether oxygens (including phenoxy) is 2. The van der Waals surface area contributed by atoms with Gasteiger partial charge in [-0.3, -0.25) is 0 Å². The van der Waals surface area contributed by atoms with Gasteiger partial charge >= 0.3 is 0 Å². The molecule has 0 aliphatic heterocycles. The summed E-state index contributed by atoms with van der Waals surface area (Å²) in [6.45, 7) is 0. The number of fused-ring (bicyclic) bond motifs is 1. The zero-order valence-electron chi connectivity index (χ0n) is 16.1. The van der Waals surface area contributed by atoms with E-state index in [1.165, 1.54) is 0 Å². The molecule has 0 spiro atoms. The van der Waals surface area contributed by atoms with Gasteiger partial charge in [-0.15, -0.1) is 10.2 Å². The molecule has 0 unspecified atom stereocenters. The monoisotopic (exact) mass is 395 g/mol. The summed E-state index contributed by atoms with van der Waals surface area (Å²) in [6, 6.07) is 24.9. The number of rotatable bonds is 5. The summed E-state index contributed by atoms with van der Waals surface area (Å²) in [7, 11) is 1.64. The van der Waals surface area contributed by atoms with Gasteiger partial charge in [-0.2, -0.15) is 9.61 Å². The fourth-order valence-electron chi connectivity index (χ4n) is 3.10. The molecule has 0 radical (unpaired) electrons. The largest absolute Gasteiger partial charge is 0.497 e. The zero-order valence-corrected chi connectivity index (χ0v) is 16.1. The summed E-state index contributed by atoms with van der Waals surface area (Å²) in [6.07, 6.45) is 1.70. The van der Waals surface area contributed by atoms with Crippen molar-refractivity contribution in [1.29, 1.82) is 0 Å². The van der Waals surface area contributed by atoms with Crippen LogP contribution >= 0.6 is 0 Å². The van der Waals surface area contributed by atoms with Crippen LogP contribution in [0.2, 0.25) is 0 Å². The van der Waals surface area contributed by atoms with Gasteiger partial charge in [0.15, 0.2) is 5.82 Å². The molecule has 0 N–H and O–H groups in total. The molecule has 7 nitrogen and oxygen atoms in total. The predicted molar refractivity (Wildman–Crippen MR) is 113 cm³/mol. The Bertz CT molecular complexity index is 1300. The lowest BCUT2D eigenvalue weighted by Gasteiger charge is -2.07. The summed E-state index contributed by atoms with van der Waals surface area (Å²) in [4.78, 5) is 4.59. The van der Waals surface area contributed by atoms with Gasteiger partial charge in [-0.25, -0.2) is 4.98 Å². The van der Waals surface area contributed by atoms with Crippen molar-refractivity contribution in [2.24, 2.45) is 0 Å². The van der Waals surface area contributed by atoms with Crippen LogP contribution in [-0.2, 0) is 0 Å². The minimum absolute atomic E-state index is 0.424. The van der Waals surface area contributed by atoms with Gasteiger partial charge in [0.2, 0.25) is 0 Å². The highest BCUT2D eigenvalue weighted by Crippen LogP contribution is 2.27. The van der Waals surface area contributed by atoms with Gasteiger partial charge in [0, 0.05) is 11.1 Å². The minimum atomic E-state index is 0.424. The Labute approximate surface area is 172 Å². The number of benzene rings is 3. The maximum Gasteiger partial charge on any atom is 0.272 e. The normalized spacial score (nSPS) is 10.8. The first-order valence-corrected chi connectivity index (χ1v) is 9.36. The van der Waals surface area contributed by atoms with Crippen molar-refractivity contribution >= 4 is 5.78 Å². The Kier molecular flexibility index (Phi) is 4.53. The second-order valence-electron chi connectivity index (χ2n) is 6.55. The molecule has 146 valence electrons. The molecule has 2 heterocycles. The van der Waals surface area contributed by atoms with E-state index in [2.05, 4.69) is 20.3 Å². The summed E-state index contributed by atoms with van der Waals surface area (Å²) in [5.41, 5.74) is 2.47. The molecule has 30 heavy (non-hydrogen) atoms. The number of hydrogen-bond acceptors (Lipinski definition) is 6. The van der Waals surface area contributed by atoms with Crippen LogP contribution in [-0.4, -0.2) is 31.9 Å². The smallest absolute Gasteiger partial charge is 0.272 e. The molecule has 0 bridgehead atoms. The quantitative estimate of drug-likeness (QED) is 0.431. The summed E-state index contributed by atoms with van der Waals surface area (Å²) in [5, 5.41) is 13.0. The summed E-state index contributed by atoms with van der Waals surface area (Å²) in [5.74, 6) is 3.28. The fourth-order valence-corrected chi connectivity index (χ4v) is 3.10. The minimum Gasteiger partial charge on any atom is -0.497 e. The van der Waals surface area contributed by atoms with Crippen molar-refractivity contribution in [3.8, 4) is 39.9 Å². The van der Waals surface area contributed by atoms with Gasteiger partial charge in [-0.05, 0) is 48.5 Å². The van der Waals surface area contributed by atoms with Crippen LogP contribution in [0, 0.1) is 0 Å². The number of hydrogen-bond donors (Lipinski definition) is 0. The number of para-hydroxylation sites is 1. The van der Waals surface area contributed by atoms with E-state index in [9.17, 15) is 0 Å². The zero-order chi connectivity index (χ0) is 20.3. The first-order chi connectivity index (χ1) is 14.8. The fraction of sp³-hybridized carbons (Fsp3) is 0.0435. The number of aromatic nitrogens is 5. The van der Waals surface area contributed by atoms with E-state index in [1.54, 1.807) is 17.8 Å². The third-order valence-electron chi connectivity index (χ3n) is 4.60. The van der Waals surface area contributed by atoms with Crippen molar-refractivity contribution in [1.82, 2.24) is 24.8 Å². The Morgan fingerprint density at radius 3 is 2.33 bits per heavy atom. The van der Waals surface area contributed by atoms with Crippen molar-refractivity contribution in [2.45, 2.75) is 0 Å². The van der Waals surface area contributed by atoms with Crippen molar-refractivity contribution < 1.29 is 9.47 Å². The van der Waals surface area contributed by atoms with Gasteiger partial charge in [-0.1, -0.05) is 30.3 Å². The van der Waals surface area contributed by atoms with Gasteiger partial charge < -0.3 is 9.47 Å². The highest BCUT2D eigenvalue weighted by Gasteiger charge is 2.13. The van der Waals surface area contributed by atoms with Crippen LogP contribution in [0.1, 0.15) is 0 Å². The van der Waals surface area contributed by atoms with E-state index in [0.29, 0.717) is 23.0 Å². The predicted octanol–water partition coefficient (Wildman–Crippen LogP) is 4.65. The third-order valence-corrected chi connectivity index (χ3v) is 4.60. The number of nitrogens with zero attached hydrogens (tertiary/aromatic N) is 5. The molecule has 5 rings (SSSR count). The average molecular weight is 395 g/mol. The molecule has 3 aromatic carbocycles. The maximum absolute atomic E-state index is 5.92. The molecule has 7 heteroatoms. The number of methoxy groups -OCH3 is 1. The SMILES string of the molecule is COc1ccc(-c2cnn3c(-c4cccc(Oc5ccccc5)c4)nnc3n2)cc1. The average Bonchev–Trinajstić information content (AvgIpc) is 3.23. The van der Waals surface area contributed by atoms with Crippen molar-refractivity contribution in [3.63, 3.8) is 0 Å². The highest BCUT2D eigenvalue weighted by atomic mass is 16.5. The van der Waals surface area contributed by atoms with Crippen LogP contribution in [0.25, 0.3) is 28.4 Å². The Morgan fingerprint density at radius 2 is 1.53 bits per heavy atom. The molecule has 2 aromatic heterocycles. The molecule has 0 saturated heterocycles. The summed E-state index contributed by atoms with van der Waals surface area (Å²) < 4.78 is 12.7. The molecule has 0 fully saturated rings. The van der Waals surface area contributed by atoms with Gasteiger partial charge in [0.25, 0.3) is 5.78 Å². The molecule has 0 aliphatic rings. The van der Waals surface area contributed by atoms with Gasteiger partial charge in [0.1, 0.15) is 17.2 Å². The van der Waals surface area contributed by atoms with E-state index in [0.717, 1.165) is 22.6 Å². The van der Waals surface area contributed by atoms with Crippen LogP contribution in [0.15, 0.2) is 85.1 Å². The summed E-state index contributed by atoms with van der Waals surface area (Å²) >= 11 is 0. The molecule has 0 aliphatic carbocycles. The van der Waals surface area contributed by atoms with Gasteiger partial charge in [0.05, 0.1) is 19.0 Å². The second-order valence-corrected chi connectivity index (χ2v) is 6.55. The topological polar surface area (TPSA) is 74.4 Å². The van der Waals surface area contributed by atoms with E-state index in [-0.39, 0.29) is 0 Å². The van der Waals surface area contributed by atoms with E-state index < -0.39 is 0 Å². The first-order valence-electron chi connectivity index (χ1n) is 9.36. The standard InChI is InChI=1S/C23H17N5O2/c1-29-18-12-10-16(11-13-18)21-15-24-28-22(26-27-23(28)25-21)17-6-5-9-20(14-17)30-19-7-3-2-4-8-19/h2-15H,1H3. The highest BCUT2D eigenvalue weighted by molar-refractivity contribution is 5.63. The second kappa shape index (κ2) is 7.63. The van der Waals surface area contributed by atoms with Crippen LogP contribution in [0.3, 0.4) is 0 Å². The van der Waals surface area contributed by atoms with E-state index in [4.69, 9.17) is 9.47 Å². The van der Waals surface area contributed by atoms with E-state index >= 15 is 0 Å². The maximum atomic E-state index is 5.92. The lowest BCUT2D eigenvalue weighted by molar-refractivity contribution is 0.415. The Balaban J connectivity index is 1.47. The molecule has 0 atom stereocenters. The van der Waals surface area contributed by atoms with Crippen LogP contribution in [0.5, 0.6) is 17.2 Å². The molecular weight excluding hydrogens is 378 g/mol. The lowest BCUT2D eigenvalue weighted by Crippen LogP contribution is -1.98. The Hall–Kier alpha value is -4.26. The molecule has 5 aromatic rings.